The van der Waals surface area contributed by atoms with Crippen LogP contribution >= 0.6 is 11.3 Å². The van der Waals surface area contributed by atoms with Crippen molar-refractivity contribution in [2.75, 3.05) is 11.9 Å². The van der Waals surface area contributed by atoms with Gasteiger partial charge < -0.3 is 10.6 Å². The summed E-state index contributed by atoms with van der Waals surface area (Å²) >= 11 is 1.47. The summed E-state index contributed by atoms with van der Waals surface area (Å²) < 4.78 is 0. The zero-order chi connectivity index (χ0) is 18.9. The lowest BCUT2D eigenvalue weighted by Gasteiger charge is -2.42. The molecule has 2 fully saturated rings. The van der Waals surface area contributed by atoms with Crippen LogP contribution in [0.4, 0.5) is 10.5 Å². The molecule has 0 radical (unpaired) electrons. The molecule has 1 saturated heterocycles. The molecule has 2 N–H and O–H groups in total. The maximum absolute atomic E-state index is 12.9. The van der Waals surface area contributed by atoms with Gasteiger partial charge in [0, 0.05) is 5.38 Å². The van der Waals surface area contributed by atoms with Crippen LogP contribution in [0.1, 0.15) is 52.9 Å². The molecule has 0 bridgehead atoms. The third-order valence-corrected chi connectivity index (χ3v) is 6.89. The molecule has 1 aliphatic carbocycles. The minimum absolute atomic E-state index is 0.243. The zero-order valence-corrected chi connectivity index (χ0v) is 16.4. The number of nitrogens with one attached hydrogen (secondary N) is 2. The SMILES string of the molecule is CCC(C)(C)C1CCC2(CC1)NC(=O)N(CC(=O)Nc1ccsc1)C2=O. The maximum atomic E-state index is 12.9. The highest BCUT2D eigenvalue weighted by molar-refractivity contribution is 7.08. The van der Waals surface area contributed by atoms with Crippen molar-refractivity contribution in [3.05, 3.63) is 16.8 Å². The fourth-order valence-corrected chi connectivity index (χ4v) is 4.61. The second-order valence-corrected chi connectivity index (χ2v) is 8.86. The number of hydrogen-bond donors (Lipinski definition) is 2. The van der Waals surface area contributed by atoms with Gasteiger partial charge in [0.15, 0.2) is 0 Å². The van der Waals surface area contributed by atoms with E-state index in [1.54, 1.807) is 6.07 Å². The quantitative estimate of drug-likeness (QED) is 0.770. The lowest BCUT2D eigenvalue weighted by atomic mass is 9.65. The first-order valence-electron chi connectivity index (χ1n) is 9.23. The molecule has 6 nitrogen and oxygen atoms in total. The van der Waals surface area contributed by atoms with Crippen LogP contribution in [-0.2, 0) is 9.59 Å². The van der Waals surface area contributed by atoms with Crippen molar-refractivity contribution in [1.29, 1.82) is 0 Å². The monoisotopic (exact) mass is 377 g/mol. The summed E-state index contributed by atoms with van der Waals surface area (Å²) in [5.74, 6) is -0.0563. The largest absolute Gasteiger partial charge is 0.325 e. The number of rotatable bonds is 5. The Balaban J connectivity index is 1.63. The lowest BCUT2D eigenvalue weighted by molar-refractivity contribution is -0.135. The Kier molecular flexibility index (Phi) is 5.10. The zero-order valence-electron chi connectivity index (χ0n) is 15.6. The smallest absolute Gasteiger partial charge is 0.324 e. The van der Waals surface area contributed by atoms with Crippen molar-refractivity contribution in [2.45, 2.75) is 58.4 Å². The van der Waals surface area contributed by atoms with E-state index in [1.165, 1.54) is 11.3 Å². The van der Waals surface area contributed by atoms with Crippen LogP contribution in [0, 0.1) is 11.3 Å². The molecule has 7 heteroatoms. The number of anilines is 1. The van der Waals surface area contributed by atoms with Crippen molar-refractivity contribution >= 4 is 34.9 Å². The fourth-order valence-electron chi connectivity index (χ4n) is 4.02. The molecular weight excluding hydrogens is 350 g/mol. The predicted octanol–water partition coefficient (Wildman–Crippen LogP) is 3.60. The van der Waals surface area contributed by atoms with Crippen molar-refractivity contribution in [3.8, 4) is 0 Å². The van der Waals surface area contributed by atoms with E-state index >= 15 is 0 Å². The van der Waals surface area contributed by atoms with E-state index in [2.05, 4.69) is 31.4 Å². The van der Waals surface area contributed by atoms with Crippen LogP contribution in [-0.4, -0.2) is 34.8 Å². The van der Waals surface area contributed by atoms with Gasteiger partial charge in [-0.25, -0.2) is 4.79 Å². The molecule has 4 amide bonds. The summed E-state index contributed by atoms with van der Waals surface area (Å²) in [6, 6.07) is 1.33. The van der Waals surface area contributed by atoms with Crippen molar-refractivity contribution < 1.29 is 14.4 Å². The van der Waals surface area contributed by atoms with Crippen LogP contribution in [0.2, 0.25) is 0 Å². The van der Waals surface area contributed by atoms with E-state index in [4.69, 9.17) is 0 Å². The first-order valence-corrected chi connectivity index (χ1v) is 10.2. The van der Waals surface area contributed by atoms with Gasteiger partial charge in [0.25, 0.3) is 5.91 Å². The van der Waals surface area contributed by atoms with E-state index in [0.29, 0.717) is 24.4 Å². The van der Waals surface area contributed by atoms with Gasteiger partial charge in [-0.2, -0.15) is 11.3 Å². The summed E-state index contributed by atoms with van der Waals surface area (Å²) in [5.41, 5.74) is 0.108. The van der Waals surface area contributed by atoms with Crippen molar-refractivity contribution in [1.82, 2.24) is 10.2 Å². The Morgan fingerprint density at radius 3 is 2.65 bits per heavy atom. The highest BCUT2D eigenvalue weighted by Gasteiger charge is 2.53. The third kappa shape index (κ3) is 3.49. The highest BCUT2D eigenvalue weighted by atomic mass is 32.1. The molecule has 1 spiro atoms. The Bertz CT molecular complexity index is 691. The molecule has 3 rings (SSSR count). The Hall–Kier alpha value is -1.89. The standard InChI is InChI=1S/C19H27N3O3S/c1-4-18(2,3)13-5-8-19(9-6-13)16(24)22(17(25)21-19)11-15(23)20-14-7-10-26-12-14/h7,10,12-13H,4-6,8-9,11H2,1-3H3,(H,20,23)(H,21,25). The third-order valence-electron chi connectivity index (χ3n) is 6.21. The first kappa shape index (κ1) is 18.9. The first-order chi connectivity index (χ1) is 12.3. The Morgan fingerprint density at radius 1 is 1.38 bits per heavy atom. The van der Waals surface area contributed by atoms with Crippen LogP contribution in [0.3, 0.4) is 0 Å². The molecule has 2 heterocycles. The summed E-state index contributed by atoms with van der Waals surface area (Å²) in [5, 5.41) is 9.26. The van der Waals surface area contributed by atoms with E-state index in [9.17, 15) is 14.4 Å². The average Bonchev–Trinajstić information content (AvgIpc) is 3.18. The normalized spacial score (nSPS) is 26.3. The van der Waals surface area contributed by atoms with Crippen LogP contribution in [0.5, 0.6) is 0 Å². The summed E-state index contributed by atoms with van der Waals surface area (Å²) in [7, 11) is 0. The fraction of sp³-hybridized carbons (Fsp3) is 0.632. The molecule has 1 aromatic heterocycles. The number of nitrogens with zero attached hydrogens (tertiary/aromatic N) is 1. The topological polar surface area (TPSA) is 78.5 Å². The van der Waals surface area contributed by atoms with Crippen LogP contribution in [0.15, 0.2) is 16.8 Å². The molecule has 1 aromatic rings. The number of imide groups is 1. The highest BCUT2D eigenvalue weighted by Crippen LogP contribution is 2.45. The van der Waals surface area contributed by atoms with E-state index in [1.807, 2.05) is 10.8 Å². The lowest BCUT2D eigenvalue weighted by Crippen LogP contribution is -2.51. The molecule has 1 aliphatic heterocycles. The van der Waals surface area contributed by atoms with E-state index in [-0.39, 0.29) is 23.8 Å². The van der Waals surface area contributed by atoms with Gasteiger partial charge in [-0.05, 0) is 48.5 Å². The molecule has 1 saturated carbocycles. The minimum atomic E-state index is -0.819. The van der Waals surface area contributed by atoms with Gasteiger partial charge in [0.05, 0.1) is 5.69 Å². The molecule has 0 aromatic carbocycles. The molecule has 26 heavy (non-hydrogen) atoms. The second kappa shape index (κ2) is 7.02. The number of urea groups is 1. The molecule has 0 unspecified atom stereocenters. The molecule has 2 aliphatic rings. The second-order valence-electron chi connectivity index (χ2n) is 8.08. The van der Waals surface area contributed by atoms with Crippen LogP contribution in [0.25, 0.3) is 0 Å². The van der Waals surface area contributed by atoms with Crippen molar-refractivity contribution in [2.24, 2.45) is 11.3 Å². The number of thiophene rings is 1. The van der Waals surface area contributed by atoms with Gasteiger partial charge in [-0.3, -0.25) is 14.5 Å². The van der Waals surface area contributed by atoms with Crippen molar-refractivity contribution in [3.63, 3.8) is 0 Å². The van der Waals surface area contributed by atoms with Gasteiger partial charge >= 0.3 is 6.03 Å². The summed E-state index contributed by atoms with van der Waals surface area (Å²) in [6.45, 7) is 6.49. The maximum Gasteiger partial charge on any atom is 0.325 e. The van der Waals surface area contributed by atoms with E-state index in [0.717, 1.165) is 24.2 Å². The number of carbonyl (C=O) groups excluding carboxylic acids is 3. The van der Waals surface area contributed by atoms with E-state index < -0.39 is 11.6 Å². The minimum Gasteiger partial charge on any atom is -0.324 e. The van der Waals surface area contributed by atoms with Crippen LogP contribution < -0.4 is 10.6 Å². The Morgan fingerprint density at radius 2 is 2.08 bits per heavy atom. The van der Waals surface area contributed by atoms with Gasteiger partial charge in [-0.1, -0.05) is 27.2 Å². The predicted molar refractivity (Wildman–Crippen MR) is 102 cm³/mol. The number of carbonyl (C=O) groups is 3. The van der Waals surface area contributed by atoms with Gasteiger partial charge in [0.1, 0.15) is 12.1 Å². The molecular formula is C19H27N3O3S. The average molecular weight is 378 g/mol. The number of amides is 4. The Labute approximate surface area is 158 Å². The molecule has 142 valence electrons. The number of hydrogen-bond acceptors (Lipinski definition) is 4. The van der Waals surface area contributed by atoms with Gasteiger partial charge in [-0.15, -0.1) is 0 Å². The summed E-state index contributed by atoms with van der Waals surface area (Å²) in [6.07, 6.45) is 4.23. The summed E-state index contributed by atoms with van der Waals surface area (Å²) in [4.78, 5) is 38.5. The molecule has 0 atom stereocenters. The van der Waals surface area contributed by atoms with Gasteiger partial charge in [0.2, 0.25) is 5.91 Å².